The molecule has 0 N–H and O–H groups in total. The number of esters is 2. The monoisotopic (exact) mass is 390 g/mol. The van der Waals surface area contributed by atoms with Crippen molar-refractivity contribution < 1.29 is 19.1 Å². The number of hydrogen-bond donors (Lipinski definition) is 0. The summed E-state index contributed by atoms with van der Waals surface area (Å²) in [5.74, 6) is 0.423. The molecule has 0 aliphatic heterocycles. The topological polar surface area (TPSA) is 52.6 Å². The van der Waals surface area contributed by atoms with Crippen molar-refractivity contribution in [2.24, 2.45) is 5.92 Å². The number of ether oxygens (including phenoxy) is 2. The fourth-order valence-electron chi connectivity index (χ4n) is 3.17. The van der Waals surface area contributed by atoms with Crippen LogP contribution in [0.4, 0.5) is 0 Å². The van der Waals surface area contributed by atoms with Crippen molar-refractivity contribution in [3.63, 3.8) is 0 Å². The summed E-state index contributed by atoms with van der Waals surface area (Å²) in [6, 6.07) is 6.89. The molecule has 0 unspecified atom stereocenters. The first-order valence-electron chi connectivity index (χ1n) is 11.1. The van der Waals surface area contributed by atoms with Gasteiger partial charge in [-0.05, 0) is 24.5 Å². The van der Waals surface area contributed by atoms with Crippen LogP contribution in [0.15, 0.2) is 24.3 Å². The van der Waals surface area contributed by atoms with Gasteiger partial charge in [0.25, 0.3) is 0 Å². The van der Waals surface area contributed by atoms with E-state index in [0.717, 1.165) is 25.7 Å². The molecular weight excluding hydrogens is 352 g/mol. The SMILES string of the molecule is CCCCCCCCCCC(=O)Oc1ccccc1OC(=O)CC(CC)CC. The predicted molar refractivity (Wildman–Crippen MR) is 114 cm³/mol. The van der Waals surface area contributed by atoms with E-state index in [1.54, 1.807) is 24.3 Å². The number of unbranched alkanes of at least 4 members (excludes halogenated alkanes) is 7. The normalized spacial score (nSPS) is 10.9. The molecular formula is C24H38O4. The Labute approximate surface area is 171 Å². The van der Waals surface area contributed by atoms with Gasteiger partial charge in [-0.15, -0.1) is 0 Å². The number of rotatable bonds is 15. The summed E-state index contributed by atoms with van der Waals surface area (Å²) in [6.45, 7) is 6.36. The van der Waals surface area contributed by atoms with E-state index in [2.05, 4.69) is 20.8 Å². The van der Waals surface area contributed by atoms with Gasteiger partial charge in [0.15, 0.2) is 11.5 Å². The van der Waals surface area contributed by atoms with Crippen LogP contribution in [0.2, 0.25) is 0 Å². The molecule has 0 saturated heterocycles. The molecule has 1 aromatic carbocycles. The van der Waals surface area contributed by atoms with Crippen molar-refractivity contribution in [2.75, 3.05) is 0 Å². The number of carbonyl (C=O) groups excluding carboxylic acids is 2. The highest BCUT2D eigenvalue weighted by Gasteiger charge is 2.16. The van der Waals surface area contributed by atoms with Crippen LogP contribution in [0, 0.1) is 5.92 Å². The lowest BCUT2D eigenvalue weighted by Crippen LogP contribution is -2.15. The van der Waals surface area contributed by atoms with Crippen molar-refractivity contribution in [2.45, 2.75) is 97.8 Å². The molecule has 4 heteroatoms. The van der Waals surface area contributed by atoms with Gasteiger partial charge in [0, 0.05) is 12.8 Å². The van der Waals surface area contributed by atoms with Gasteiger partial charge in [0.05, 0.1) is 0 Å². The van der Waals surface area contributed by atoms with Crippen molar-refractivity contribution in [3.05, 3.63) is 24.3 Å². The van der Waals surface area contributed by atoms with Crippen LogP contribution >= 0.6 is 0 Å². The van der Waals surface area contributed by atoms with E-state index in [1.165, 1.54) is 38.5 Å². The van der Waals surface area contributed by atoms with Gasteiger partial charge in [0.2, 0.25) is 0 Å². The summed E-state index contributed by atoms with van der Waals surface area (Å²) in [7, 11) is 0. The highest BCUT2D eigenvalue weighted by molar-refractivity contribution is 5.76. The largest absolute Gasteiger partial charge is 0.423 e. The lowest BCUT2D eigenvalue weighted by atomic mass is 10.00. The third-order valence-corrected chi connectivity index (χ3v) is 5.14. The summed E-state index contributed by atoms with van der Waals surface area (Å²) in [5.41, 5.74) is 0. The smallest absolute Gasteiger partial charge is 0.311 e. The average Bonchev–Trinajstić information content (AvgIpc) is 2.69. The molecule has 0 saturated carbocycles. The molecule has 0 aliphatic rings. The Bertz CT molecular complexity index is 563. The van der Waals surface area contributed by atoms with Crippen molar-refractivity contribution >= 4 is 11.9 Å². The zero-order chi connectivity index (χ0) is 20.6. The second kappa shape index (κ2) is 15.1. The van der Waals surface area contributed by atoms with E-state index in [0.29, 0.717) is 30.3 Å². The average molecular weight is 391 g/mol. The molecule has 4 nitrogen and oxygen atoms in total. The third kappa shape index (κ3) is 10.5. The first-order valence-corrected chi connectivity index (χ1v) is 11.1. The van der Waals surface area contributed by atoms with Crippen LogP contribution in [0.3, 0.4) is 0 Å². The summed E-state index contributed by atoms with van der Waals surface area (Å²) in [6.07, 6.45) is 12.1. The molecule has 0 heterocycles. The summed E-state index contributed by atoms with van der Waals surface area (Å²) in [5, 5.41) is 0. The molecule has 0 aliphatic carbocycles. The van der Waals surface area contributed by atoms with E-state index in [4.69, 9.17) is 9.47 Å². The molecule has 28 heavy (non-hydrogen) atoms. The molecule has 1 aromatic rings. The molecule has 158 valence electrons. The Hall–Kier alpha value is -1.84. The molecule has 0 atom stereocenters. The van der Waals surface area contributed by atoms with Gasteiger partial charge in [-0.1, -0.05) is 90.7 Å². The van der Waals surface area contributed by atoms with E-state index in [9.17, 15) is 9.59 Å². The summed E-state index contributed by atoms with van der Waals surface area (Å²) >= 11 is 0. The summed E-state index contributed by atoms with van der Waals surface area (Å²) in [4.78, 5) is 24.3. The number of carbonyl (C=O) groups is 2. The van der Waals surface area contributed by atoms with Gasteiger partial charge in [-0.25, -0.2) is 0 Å². The second-order valence-corrected chi connectivity index (χ2v) is 7.51. The Morgan fingerprint density at radius 2 is 1.25 bits per heavy atom. The van der Waals surface area contributed by atoms with Crippen molar-refractivity contribution in [3.8, 4) is 11.5 Å². The first kappa shape index (κ1) is 24.2. The molecule has 1 rings (SSSR count). The third-order valence-electron chi connectivity index (χ3n) is 5.14. The van der Waals surface area contributed by atoms with Crippen LogP contribution in [-0.2, 0) is 9.59 Å². The standard InChI is InChI=1S/C24H38O4/c1-4-7-8-9-10-11-12-13-18-23(25)27-21-16-14-15-17-22(21)28-24(26)19-20(5-2)6-3/h14-17,20H,4-13,18-19H2,1-3H3. The minimum absolute atomic E-state index is 0.269. The maximum Gasteiger partial charge on any atom is 0.311 e. The molecule has 0 fully saturated rings. The van der Waals surface area contributed by atoms with Gasteiger partial charge in [0.1, 0.15) is 0 Å². The zero-order valence-corrected chi connectivity index (χ0v) is 18.0. The van der Waals surface area contributed by atoms with E-state index in [1.807, 2.05) is 0 Å². The fraction of sp³-hybridized carbons (Fsp3) is 0.667. The Morgan fingerprint density at radius 3 is 1.79 bits per heavy atom. The maximum absolute atomic E-state index is 12.2. The minimum Gasteiger partial charge on any atom is -0.423 e. The van der Waals surface area contributed by atoms with Crippen LogP contribution in [0.1, 0.15) is 97.8 Å². The Kier molecular flexibility index (Phi) is 13.1. The van der Waals surface area contributed by atoms with E-state index in [-0.39, 0.29) is 11.9 Å². The quantitative estimate of drug-likeness (QED) is 0.187. The maximum atomic E-state index is 12.2. The van der Waals surface area contributed by atoms with Gasteiger partial charge < -0.3 is 9.47 Å². The minimum atomic E-state index is -0.278. The zero-order valence-electron chi connectivity index (χ0n) is 18.0. The highest BCUT2D eigenvalue weighted by atomic mass is 16.6. The Balaban J connectivity index is 2.37. The second-order valence-electron chi connectivity index (χ2n) is 7.51. The van der Waals surface area contributed by atoms with Crippen LogP contribution in [-0.4, -0.2) is 11.9 Å². The highest BCUT2D eigenvalue weighted by Crippen LogP contribution is 2.28. The predicted octanol–water partition coefficient (Wildman–Crippen LogP) is 6.85. The molecule has 0 aromatic heterocycles. The number of hydrogen-bond acceptors (Lipinski definition) is 4. The van der Waals surface area contributed by atoms with Crippen LogP contribution in [0.25, 0.3) is 0 Å². The van der Waals surface area contributed by atoms with Crippen LogP contribution in [0.5, 0.6) is 11.5 Å². The fourth-order valence-corrected chi connectivity index (χ4v) is 3.17. The molecule has 0 spiro atoms. The van der Waals surface area contributed by atoms with Gasteiger partial charge in [-0.3, -0.25) is 9.59 Å². The van der Waals surface area contributed by atoms with E-state index >= 15 is 0 Å². The Morgan fingerprint density at radius 1 is 0.750 bits per heavy atom. The number of benzene rings is 1. The lowest BCUT2D eigenvalue weighted by Gasteiger charge is -2.13. The molecule has 0 amide bonds. The number of para-hydroxylation sites is 2. The van der Waals surface area contributed by atoms with Gasteiger partial charge >= 0.3 is 11.9 Å². The molecule has 0 radical (unpaired) electrons. The van der Waals surface area contributed by atoms with E-state index < -0.39 is 0 Å². The van der Waals surface area contributed by atoms with Crippen LogP contribution < -0.4 is 9.47 Å². The lowest BCUT2D eigenvalue weighted by molar-refractivity contribution is -0.137. The van der Waals surface area contributed by atoms with Gasteiger partial charge in [-0.2, -0.15) is 0 Å². The summed E-state index contributed by atoms with van der Waals surface area (Å²) < 4.78 is 10.9. The molecule has 0 bridgehead atoms. The van der Waals surface area contributed by atoms with Crippen molar-refractivity contribution in [1.82, 2.24) is 0 Å². The first-order chi connectivity index (χ1) is 13.6. The van der Waals surface area contributed by atoms with Crippen molar-refractivity contribution in [1.29, 1.82) is 0 Å².